The van der Waals surface area contributed by atoms with Gasteiger partial charge in [0.15, 0.2) is 5.43 Å². The molecule has 2 heteroatoms. The number of aromatic nitrogens is 1. The van der Waals surface area contributed by atoms with E-state index < -0.39 is 0 Å². The summed E-state index contributed by atoms with van der Waals surface area (Å²) in [5.74, 6) is 0. The molecule has 142 valence electrons. The zero-order valence-electron chi connectivity index (χ0n) is 17.2. The van der Waals surface area contributed by atoms with Gasteiger partial charge in [-0.05, 0) is 66.0 Å². The quantitative estimate of drug-likeness (QED) is 0.439. The van der Waals surface area contributed by atoms with Crippen LogP contribution in [0.5, 0.6) is 0 Å². The van der Waals surface area contributed by atoms with Gasteiger partial charge in [0.25, 0.3) is 0 Å². The maximum atomic E-state index is 12.7. The smallest absolute Gasteiger partial charge is 0.193 e. The van der Waals surface area contributed by atoms with Crippen LogP contribution in [-0.2, 0) is 6.42 Å². The highest BCUT2D eigenvalue weighted by Crippen LogP contribution is 2.12. The average molecular weight is 362 g/mol. The van der Waals surface area contributed by atoms with Crippen LogP contribution in [0.25, 0.3) is 10.9 Å². The van der Waals surface area contributed by atoms with Crippen molar-refractivity contribution in [1.82, 2.24) is 4.98 Å². The van der Waals surface area contributed by atoms with Gasteiger partial charge >= 0.3 is 0 Å². The monoisotopic (exact) mass is 361 g/mol. The summed E-state index contributed by atoms with van der Waals surface area (Å²) in [5, 5.41) is 0.759. The number of allylic oxidation sites excluding steroid dienone is 8. The van der Waals surface area contributed by atoms with Gasteiger partial charge in [0.05, 0.1) is 0 Å². The minimum absolute atomic E-state index is 0.130. The Bertz CT molecular complexity index is 963. The molecule has 0 aliphatic carbocycles. The molecule has 0 saturated carbocycles. The number of H-pyrrole nitrogens is 1. The predicted octanol–water partition coefficient (Wildman–Crippen LogP) is 6.57. The summed E-state index contributed by atoms with van der Waals surface area (Å²) in [6.45, 7) is 10.5. The van der Waals surface area contributed by atoms with Crippen molar-refractivity contribution in [3.8, 4) is 0 Å². The maximum Gasteiger partial charge on any atom is 0.193 e. The first-order valence-electron chi connectivity index (χ1n) is 9.63. The predicted molar refractivity (Wildman–Crippen MR) is 118 cm³/mol. The number of aromatic amines is 1. The number of para-hydroxylation sites is 1. The molecule has 0 aliphatic rings. The maximum absolute atomic E-state index is 12.7. The van der Waals surface area contributed by atoms with Crippen LogP contribution >= 0.6 is 0 Å². The minimum Gasteiger partial charge on any atom is -0.358 e. The van der Waals surface area contributed by atoms with Crippen molar-refractivity contribution in [2.24, 2.45) is 0 Å². The van der Waals surface area contributed by atoms with Crippen LogP contribution in [0.1, 0.15) is 51.8 Å². The fourth-order valence-electron chi connectivity index (χ4n) is 3.01. The summed E-state index contributed by atoms with van der Waals surface area (Å²) in [7, 11) is 0. The number of pyridine rings is 1. The molecule has 0 aliphatic heterocycles. The van der Waals surface area contributed by atoms with Gasteiger partial charge in [0.1, 0.15) is 0 Å². The first-order valence-corrected chi connectivity index (χ1v) is 9.63. The Morgan fingerprint density at radius 3 is 2.56 bits per heavy atom. The first-order chi connectivity index (χ1) is 12.9. The standard InChI is InChI=1S/C25H31NO/c1-18(2)10-8-11-19(3)12-9-13-20(4)16-17-22-21(5)26-24-15-7-6-14-23(24)25(22)27/h6-7,9-10,12-16H,8,11,17H2,1-5H3,(H,26,27)/b13-9+,19-12+,20-16+. The van der Waals surface area contributed by atoms with Gasteiger partial charge in [-0.1, -0.05) is 59.2 Å². The van der Waals surface area contributed by atoms with E-state index >= 15 is 0 Å². The van der Waals surface area contributed by atoms with Gasteiger partial charge in [-0.25, -0.2) is 0 Å². The molecule has 0 fully saturated rings. The second-order valence-corrected chi connectivity index (χ2v) is 7.45. The fraction of sp³-hybridized carbons (Fsp3) is 0.320. The second-order valence-electron chi connectivity index (χ2n) is 7.45. The molecule has 1 heterocycles. The molecular weight excluding hydrogens is 330 g/mol. The molecule has 1 aromatic carbocycles. The molecule has 27 heavy (non-hydrogen) atoms. The lowest BCUT2D eigenvalue weighted by molar-refractivity contribution is 0.967. The van der Waals surface area contributed by atoms with Crippen LogP contribution in [0.4, 0.5) is 0 Å². The molecule has 0 bridgehead atoms. The zero-order chi connectivity index (χ0) is 19.8. The van der Waals surface area contributed by atoms with Crippen molar-refractivity contribution in [3.63, 3.8) is 0 Å². The lowest BCUT2D eigenvalue weighted by Gasteiger charge is -2.06. The topological polar surface area (TPSA) is 32.9 Å². The van der Waals surface area contributed by atoms with Crippen LogP contribution in [0.15, 0.2) is 76.2 Å². The normalized spacial score (nSPS) is 12.8. The highest BCUT2D eigenvalue weighted by Gasteiger charge is 2.07. The summed E-state index contributed by atoms with van der Waals surface area (Å²) in [6, 6.07) is 7.69. The molecule has 1 aromatic heterocycles. The van der Waals surface area contributed by atoms with E-state index in [4.69, 9.17) is 0 Å². The van der Waals surface area contributed by atoms with Crippen molar-refractivity contribution < 1.29 is 0 Å². The number of hydrogen-bond acceptors (Lipinski definition) is 1. The molecule has 2 rings (SSSR count). The molecule has 2 aromatic rings. The fourth-order valence-corrected chi connectivity index (χ4v) is 3.01. The Labute approximate surface area is 163 Å². The second kappa shape index (κ2) is 9.91. The molecule has 0 atom stereocenters. The largest absolute Gasteiger partial charge is 0.358 e. The number of rotatable bonds is 7. The SMILES string of the molecule is CC(C)=CCC/C(C)=C/C=C/C(C)=C/Cc1c(C)[nH]c2ccccc2c1=O. The van der Waals surface area contributed by atoms with Crippen molar-refractivity contribution in [2.45, 2.75) is 53.9 Å². The number of fused-ring (bicyclic) bond motifs is 1. The van der Waals surface area contributed by atoms with Gasteiger partial charge in [-0.2, -0.15) is 0 Å². The van der Waals surface area contributed by atoms with E-state index in [2.05, 4.69) is 63.1 Å². The van der Waals surface area contributed by atoms with Crippen LogP contribution in [0.2, 0.25) is 0 Å². The van der Waals surface area contributed by atoms with E-state index in [0.717, 1.165) is 40.6 Å². The Morgan fingerprint density at radius 2 is 1.81 bits per heavy atom. The molecule has 0 amide bonds. The summed E-state index contributed by atoms with van der Waals surface area (Å²) in [4.78, 5) is 16.1. The lowest BCUT2D eigenvalue weighted by atomic mass is 10.0. The number of benzene rings is 1. The Morgan fingerprint density at radius 1 is 1.07 bits per heavy atom. The van der Waals surface area contributed by atoms with Crippen molar-refractivity contribution in [3.05, 3.63) is 92.8 Å². The van der Waals surface area contributed by atoms with Crippen molar-refractivity contribution in [1.29, 1.82) is 0 Å². The average Bonchev–Trinajstić information content (AvgIpc) is 2.61. The van der Waals surface area contributed by atoms with E-state index in [1.165, 1.54) is 11.1 Å². The Balaban J connectivity index is 2.06. The zero-order valence-corrected chi connectivity index (χ0v) is 17.2. The lowest BCUT2D eigenvalue weighted by Crippen LogP contribution is -2.12. The number of nitrogens with one attached hydrogen (secondary N) is 1. The van der Waals surface area contributed by atoms with Gasteiger partial charge in [0.2, 0.25) is 0 Å². The van der Waals surface area contributed by atoms with E-state index in [-0.39, 0.29) is 5.43 Å². The van der Waals surface area contributed by atoms with Gasteiger partial charge in [-0.3, -0.25) is 4.79 Å². The third-order valence-electron chi connectivity index (χ3n) is 4.68. The van der Waals surface area contributed by atoms with Crippen LogP contribution in [0, 0.1) is 6.92 Å². The minimum atomic E-state index is 0.130. The summed E-state index contributed by atoms with van der Waals surface area (Å²) in [6.07, 6.45) is 13.6. The first kappa shape index (κ1) is 20.7. The Kier molecular flexibility index (Phi) is 7.60. The summed E-state index contributed by atoms with van der Waals surface area (Å²) in [5.41, 5.74) is 6.73. The highest BCUT2D eigenvalue weighted by atomic mass is 16.1. The third kappa shape index (κ3) is 6.25. The van der Waals surface area contributed by atoms with Crippen LogP contribution < -0.4 is 5.43 Å². The molecular formula is C25H31NO. The summed E-state index contributed by atoms with van der Waals surface area (Å²) >= 11 is 0. The highest BCUT2D eigenvalue weighted by molar-refractivity contribution is 5.79. The number of hydrogen-bond donors (Lipinski definition) is 1. The van der Waals surface area contributed by atoms with Crippen LogP contribution in [-0.4, -0.2) is 4.98 Å². The van der Waals surface area contributed by atoms with Crippen LogP contribution in [0.3, 0.4) is 0 Å². The molecule has 2 nitrogen and oxygen atoms in total. The van der Waals surface area contributed by atoms with Gasteiger partial charge in [0, 0.05) is 22.2 Å². The molecule has 1 N–H and O–H groups in total. The van der Waals surface area contributed by atoms with Crippen molar-refractivity contribution in [2.75, 3.05) is 0 Å². The van der Waals surface area contributed by atoms with E-state index in [9.17, 15) is 4.79 Å². The molecule has 0 unspecified atom stereocenters. The molecule has 0 saturated heterocycles. The molecule has 0 spiro atoms. The number of aryl methyl sites for hydroxylation is 1. The third-order valence-corrected chi connectivity index (χ3v) is 4.68. The van der Waals surface area contributed by atoms with Gasteiger partial charge < -0.3 is 4.98 Å². The molecule has 0 radical (unpaired) electrons. The van der Waals surface area contributed by atoms with E-state index in [0.29, 0.717) is 6.42 Å². The van der Waals surface area contributed by atoms with Crippen molar-refractivity contribution >= 4 is 10.9 Å². The summed E-state index contributed by atoms with van der Waals surface area (Å²) < 4.78 is 0. The van der Waals surface area contributed by atoms with E-state index in [1.807, 2.05) is 31.2 Å². The van der Waals surface area contributed by atoms with Gasteiger partial charge in [-0.15, -0.1) is 0 Å². The van der Waals surface area contributed by atoms with E-state index in [1.54, 1.807) is 0 Å². The Hall–Kier alpha value is -2.61.